The van der Waals surface area contributed by atoms with Crippen LogP contribution in [-0.2, 0) is 23.9 Å². The van der Waals surface area contributed by atoms with Crippen molar-refractivity contribution in [3.63, 3.8) is 0 Å². The predicted molar refractivity (Wildman–Crippen MR) is 79.6 cm³/mol. The number of nitrogens with one attached hydrogen (secondary N) is 1. The van der Waals surface area contributed by atoms with Gasteiger partial charge in [-0.05, 0) is 48.0 Å². The average molecular weight is 314 g/mol. The lowest BCUT2D eigenvalue weighted by Gasteiger charge is -2.34. The number of carbonyl (C=O) groups is 3. The highest BCUT2D eigenvalue weighted by Crippen LogP contribution is 2.15. The quantitative estimate of drug-likeness (QED) is 0.787. The van der Waals surface area contributed by atoms with Crippen LogP contribution in [0.25, 0.3) is 0 Å². The highest BCUT2D eigenvalue weighted by Gasteiger charge is 2.34. The number of hydrogen-bond acceptors (Lipinski definition) is 6. The number of ether oxygens (including phenoxy) is 2. The molecule has 1 aliphatic heterocycles. The molecule has 0 aromatic rings. The molecule has 1 amide bonds. The van der Waals surface area contributed by atoms with Gasteiger partial charge in [0.05, 0.1) is 0 Å². The Bertz CT molecular complexity index is 448. The van der Waals surface area contributed by atoms with Gasteiger partial charge in [-0.2, -0.15) is 0 Å². The molecule has 1 N–H and O–H groups in total. The van der Waals surface area contributed by atoms with Crippen molar-refractivity contribution in [2.24, 2.45) is 0 Å². The third kappa shape index (κ3) is 6.43. The average Bonchev–Trinajstić information content (AvgIpc) is 2.27. The second-order valence-electron chi connectivity index (χ2n) is 7.32. The summed E-state index contributed by atoms with van der Waals surface area (Å²) >= 11 is 0. The minimum Gasteiger partial charge on any atom is -0.459 e. The number of nitrogens with zero attached hydrogens (tertiary/aromatic N) is 1. The van der Waals surface area contributed by atoms with Crippen molar-refractivity contribution in [2.45, 2.75) is 71.6 Å². The fourth-order valence-electron chi connectivity index (χ4n) is 1.91. The van der Waals surface area contributed by atoms with Crippen molar-refractivity contribution in [1.29, 1.82) is 0 Å². The smallest absolute Gasteiger partial charge is 0.327 e. The van der Waals surface area contributed by atoms with E-state index in [-0.39, 0.29) is 18.9 Å². The van der Waals surface area contributed by atoms with Crippen LogP contribution in [0.3, 0.4) is 0 Å². The van der Waals surface area contributed by atoms with Crippen molar-refractivity contribution < 1.29 is 23.9 Å². The zero-order valence-electron chi connectivity index (χ0n) is 14.2. The van der Waals surface area contributed by atoms with Crippen LogP contribution in [0.1, 0.15) is 54.4 Å². The topological polar surface area (TPSA) is 84.9 Å². The lowest BCUT2D eigenvalue weighted by molar-refractivity contribution is -0.168. The van der Waals surface area contributed by atoms with Crippen LogP contribution in [0, 0.1) is 0 Å². The summed E-state index contributed by atoms with van der Waals surface area (Å²) in [6.07, 6.45) is 0.526. The third-order valence-electron chi connectivity index (χ3n) is 2.66. The van der Waals surface area contributed by atoms with Gasteiger partial charge in [0.25, 0.3) is 0 Å². The van der Waals surface area contributed by atoms with Gasteiger partial charge in [0, 0.05) is 6.42 Å². The van der Waals surface area contributed by atoms with Crippen LogP contribution in [0.15, 0.2) is 0 Å². The molecule has 7 heteroatoms. The summed E-state index contributed by atoms with van der Waals surface area (Å²) in [6, 6.07) is -0.639. The molecule has 1 atom stereocenters. The molecular weight excluding hydrogens is 288 g/mol. The molecule has 1 heterocycles. The number of carbonyl (C=O) groups excluding carboxylic acids is 3. The molecule has 1 unspecified atom stereocenters. The van der Waals surface area contributed by atoms with Crippen LogP contribution < -0.4 is 5.43 Å². The summed E-state index contributed by atoms with van der Waals surface area (Å²) in [5.41, 5.74) is 1.53. The van der Waals surface area contributed by atoms with E-state index < -0.39 is 29.2 Å². The van der Waals surface area contributed by atoms with Crippen LogP contribution >= 0.6 is 0 Å². The normalized spacial score (nSPS) is 19.8. The first kappa shape index (κ1) is 18.4. The zero-order valence-corrected chi connectivity index (χ0v) is 14.2. The zero-order chi connectivity index (χ0) is 17.1. The van der Waals surface area contributed by atoms with E-state index in [9.17, 15) is 14.4 Å². The first-order valence-corrected chi connectivity index (χ1v) is 7.39. The van der Waals surface area contributed by atoms with Gasteiger partial charge in [0.2, 0.25) is 5.91 Å². The summed E-state index contributed by atoms with van der Waals surface area (Å²) < 4.78 is 10.5. The predicted octanol–water partition coefficient (Wildman–Crippen LogP) is 1.17. The lowest BCUT2D eigenvalue weighted by Crippen LogP contribution is -2.58. The number of amides is 1. The largest absolute Gasteiger partial charge is 0.459 e. The maximum Gasteiger partial charge on any atom is 0.327 e. The van der Waals surface area contributed by atoms with Crippen molar-refractivity contribution >= 4 is 17.8 Å². The van der Waals surface area contributed by atoms with E-state index >= 15 is 0 Å². The summed E-state index contributed by atoms with van der Waals surface area (Å²) in [4.78, 5) is 35.7. The monoisotopic (exact) mass is 314 g/mol. The van der Waals surface area contributed by atoms with E-state index in [1.54, 1.807) is 41.5 Å². The van der Waals surface area contributed by atoms with E-state index in [0.29, 0.717) is 6.42 Å². The van der Waals surface area contributed by atoms with Crippen molar-refractivity contribution in [3.8, 4) is 0 Å². The van der Waals surface area contributed by atoms with E-state index in [2.05, 4.69) is 5.43 Å². The molecule has 7 nitrogen and oxygen atoms in total. The molecule has 126 valence electrons. The van der Waals surface area contributed by atoms with Gasteiger partial charge in [0.1, 0.15) is 23.8 Å². The molecule has 0 aromatic carbocycles. The maximum atomic E-state index is 12.0. The summed E-state index contributed by atoms with van der Waals surface area (Å²) in [7, 11) is 0. The summed E-state index contributed by atoms with van der Waals surface area (Å²) in [5, 5.41) is 1.13. The molecule has 0 aliphatic carbocycles. The molecule has 1 aliphatic rings. The Kier molecular flexibility index (Phi) is 5.56. The van der Waals surface area contributed by atoms with Gasteiger partial charge in [-0.15, -0.1) is 0 Å². The number of rotatable bonds is 3. The van der Waals surface area contributed by atoms with Crippen LogP contribution in [0.4, 0.5) is 0 Å². The fraction of sp³-hybridized carbons (Fsp3) is 0.800. The van der Waals surface area contributed by atoms with Crippen LogP contribution in [0.2, 0.25) is 0 Å². The molecule has 1 saturated heterocycles. The van der Waals surface area contributed by atoms with Crippen LogP contribution in [-0.4, -0.2) is 46.6 Å². The molecule has 1 fully saturated rings. The molecule has 0 aromatic heterocycles. The Labute approximate surface area is 131 Å². The van der Waals surface area contributed by atoms with Gasteiger partial charge >= 0.3 is 11.9 Å². The number of hydrazine groups is 1. The summed E-state index contributed by atoms with van der Waals surface area (Å²) in [6.45, 7) is 10.3. The number of hydrogen-bond donors (Lipinski definition) is 1. The second kappa shape index (κ2) is 6.64. The molecule has 1 rings (SSSR count). The maximum absolute atomic E-state index is 12.0. The molecule has 0 spiro atoms. The lowest BCUT2D eigenvalue weighted by atomic mass is 10.1. The van der Waals surface area contributed by atoms with Crippen molar-refractivity contribution in [3.05, 3.63) is 0 Å². The highest BCUT2D eigenvalue weighted by molar-refractivity contribution is 5.85. The van der Waals surface area contributed by atoms with Gasteiger partial charge in [-0.3, -0.25) is 19.4 Å². The van der Waals surface area contributed by atoms with E-state index in [1.165, 1.54) is 0 Å². The van der Waals surface area contributed by atoms with Crippen molar-refractivity contribution in [1.82, 2.24) is 10.4 Å². The molecule has 0 radical (unpaired) electrons. The fourth-order valence-corrected chi connectivity index (χ4v) is 1.91. The van der Waals surface area contributed by atoms with Gasteiger partial charge in [-0.25, -0.2) is 5.43 Å². The van der Waals surface area contributed by atoms with Gasteiger partial charge in [-0.1, -0.05) is 0 Å². The van der Waals surface area contributed by atoms with E-state index in [4.69, 9.17) is 9.47 Å². The highest BCUT2D eigenvalue weighted by atomic mass is 16.6. The molecule has 0 saturated carbocycles. The Balaban J connectivity index is 2.62. The molecule has 22 heavy (non-hydrogen) atoms. The molecular formula is C15H26N2O5. The minimum atomic E-state index is -0.639. The Morgan fingerprint density at radius 2 is 1.68 bits per heavy atom. The van der Waals surface area contributed by atoms with Gasteiger partial charge in [0.15, 0.2) is 0 Å². The Hall–Kier alpha value is -1.63. The second-order valence-corrected chi connectivity index (χ2v) is 7.32. The van der Waals surface area contributed by atoms with Gasteiger partial charge < -0.3 is 9.47 Å². The first-order chi connectivity index (χ1) is 9.87. The molecule has 0 bridgehead atoms. The first-order valence-electron chi connectivity index (χ1n) is 7.39. The number of esters is 2. The van der Waals surface area contributed by atoms with E-state index in [1.807, 2.05) is 0 Å². The SMILES string of the molecule is CC(C)(C)OC(=O)CN1NC(C(=O)OC(C)(C)C)CCC1=O. The van der Waals surface area contributed by atoms with Crippen molar-refractivity contribution in [2.75, 3.05) is 6.54 Å². The minimum absolute atomic E-state index is 0.180. The third-order valence-corrected chi connectivity index (χ3v) is 2.66. The Morgan fingerprint density at radius 3 is 2.18 bits per heavy atom. The summed E-state index contributed by atoms with van der Waals surface area (Å²) in [5.74, 6) is -1.21. The van der Waals surface area contributed by atoms with E-state index in [0.717, 1.165) is 5.01 Å². The Morgan fingerprint density at radius 1 is 1.14 bits per heavy atom. The van der Waals surface area contributed by atoms with Crippen LogP contribution in [0.5, 0.6) is 0 Å². The standard InChI is InChI=1S/C15H26N2O5/c1-14(2,3)21-12(19)9-17-11(18)8-7-10(16-17)13(20)22-15(4,5)6/h10,16H,7-9H2,1-6H3.